The first-order valence-electron chi connectivity index (χ1n) is 7.70. The monoisotopic (exact) mass is 410 g/mol. The SMILES string of the molecule is Cl.NC1CCN(C(=O)c2ccc(Oc3cccc(Br)c3)cc2)CC1. The summed E-state index contributed by atoms with van der Waals surface area (Å²) in [5, 5.41) is 0. The highest BCUT2D eigenvalue weighted by Crippen LogP contribution is 2.25. The molecule has 0 unspecified atom stereocenters. The molecule has 0 atom stereocenters. The number of rotatable bonds is 3. The number of amides is 1. The van der Waals surface area contributed by atoms with Crippen LogP contribution in [0.25, 0.3) is 0 Å². The molecule has 6 heteroatoms. The van der Waals surface area contributed by atoms with Crippen LogP contribution in [0, 0.1) is 0 Å². The number of benzene rings is 2. The smallest absolute Gasteiger partial charge is 0.253 e. The van der Waals surface area contributed by atoms with Crippen molar-refractivity contribution >= 4 is 34.2 Å². The summed E-state index contributed by atoms with van der Waals surface area (Å²) in [5.74, 6) is 1.52. The Morgan fingerprint density at radius 1 is 1.08 bits per heavy atom. The molecular formula is C18H20BrClN2O2. The summed E-state index contributed by atoms with van der Waals surface area (Å²) < 4.78 is 6.75. The van der Waals surface area contributed by atoms with Crippen LogP contribution in [0.2, 0.25) is 0 Å². The number of likely N-dealkylation sites (tertiary alicyclic amines) is 1. The normalized spacial score (nSPS) is 14.8. The van der Waals surface area contributed by atoms with Crippen molar-refractivity contribution in [3.8, 4) is 11.5 Å². The third kappa shape index (κ3) is 4.72. The lowest BCUT2D eigenvalue weighted by Gasteiger charge is -2.30. The van der Waals surface area contributed by atoms with Crippen molar-refractivity contribution < 1.29 is 9.53 Å². The fourth-order valence-corrected chi connectivity index (χ4v) is 3.00. The van der Waals surface area contributed by atoms with Crippen LogP contribution in [0.4, 0.5) is 0 Å². The van der Waals surface area contributed by atoms with Crippen molar-refractivity contribution in [1.29, 1.82) is 0 Å². The third-order valence-corrected chi connectivity index (χ3v) is 4.45. The Morgan fingerprint density at radius 2 is 1.75 bits per heavy atom. The molecule has 1 aliphatic rings. The Morgan fingerprint density at radius 3 is 2.38 bits per heavy atom. The molecule has 1 saturated heterocycles. The summed E-state index contributed by atoms with van der Waals surface area (Å²) >= 11 is 3.42. The Hall–Kier alpha value is -1.56. The van der Waals surface area contributed by atoms with Gasteiger partial charge >= 0.3 is 0 Å². The molecule has 128 valence electrons. The molecule has 1 aliphatic heterocycles. The maximum atomic E-state index is 12.5. The lowest BCUT2D eigenvalue weighted by atomic mass is 10.0. The van der Waals surface area contributed by atoms with Crippen LogP contribution in [0.3, 0.4) is 0 Å². The predicted octanol–water partition coefficient (Wildman–Crippen LogP) is 4.23. The predicted molar refractivity (Wildman–Crippen MR) is 101 cm³/mol. The Labute approximate surface area is 156 Å². The van der Waals surface area contributed by atoms with Crippen molar-refractivity contribution in [3.05, 3.63) is 58.6 Å². The van der Waals surface area contributed by atoms with E-state index in [2.05, 4.69) is 15.9 Å². The average molecular weight is 412 g/mol. The molecule has 0 aromatic heterocycles. The minimum Gasteiger partial charge on any atom is -0.457 e. The fraction of sp³-hybridized carbons (Fsp3) is 0.278. The minimum absolute atomic E-state index is 0. The van der Waals surface area contributed by atoms with E-state index < -0.39 is 0 Å². The maximum absolute atomic E-state index is 12.5. The molecule has 1 fully saturated rings. The quantitative estimate of drug-likeness (QED) is 0.822. The fourth-order valence-electron chi connectivity index (χ4n) is 2.62. The molecule has 3 rings (SSSR count). The zero-order valence-corrected chi connectivity index (χ0v) is 15.6. The minimum atomic E-state index is 0. The second-order valence-electron chi connectivity index (χ2n) is 5.71. The van der Waals surface area contributed by atoms with Crippen LogP contribution in [-0.4, -0.2) is 29.9 Å². The van der Waals surface area contributed by atoms with Crippen LogP contribution in [0.15, 0.2) is 53.0 Å². The average Bonchev–Trinajstić information content (AvgIpc) is 2.56. The van der Waals surface area contributed by atoms with Crippen LogP contribution in [0.1, 0.15) is 23.2 Å². The highest BCUT2D eigenvalue weighted by atomic mass is 79.9. The van der Waals surface area contributed by atoms with Crippen LogP contribution in [-0.2, 0) is 0 Å². The first-order valence-corrected chi connectivity index (χ1v) is 8.49. The molecule has 24 heavy (non-hydrogen) atoms. The number of carbonyl (C=O) groups excluding carboxylic acids is 1. The van der Waals surface area contributed by atoms with Crippen LogP contribution in [0.5, 0.6) is 11.5 Å². The van der Waals surface area contributed by atoms with Gasteiger partial charge in [0, 0.05) is 29.2 Å². The van der Waals surface area contributed by atoms with E-state index in [0.29, 0.717) is 11.3 Å². The number of ether oxygens (including phenoxy) is 1. The molecule has 2 aromatic carbocycles. The van der Waals surface area contributed by atoms with E-state index in [0.717, 1.165) is 36.2 Å². The standard InChI is InChI=1S/C18H19BrN2O2.ClH/c19-14-2-1-3-17(12-14)23-16-6-4-13(5-7-16)18(22)21-10-8-15(20)9-11-21;/h1-7,12,15H,8-11,20H2;1H. The molecule has 4 nitrogen and oxygen atoms in total. The molecule has 0 saturated carbocycles. The number of halogens is 2. The van der Waals surface area contributed by atoms with Crippen molar-refractivity contribution in [3.63, 3.8) is 0 Å². The van der Waals surface area contributed by atoms with Crippen molar-refractivity contribution in [2.75, 3.05) is 13.1 Å². The van der Waals surface area contributed by atoms with Crippen molar-refractivity contribution in [2.45, 2.75) is 18.9 Å². The molecule has 0 spiro atoms. The summed E-state index contributed by atoms with van der Waals surface area (Å²) in [5.41, 5.74) is 6.56. The Balaban J connectivity index is 0.00000208. The van der Waals surface area contributed by atoms with Crippen LogP contribution < -0.4 is 10.5 Å². The van der Waals surface area contributed by atoms with Gasteiger partial charge in [0.2, 0.25) is 0 Å². The van der Waals surface area contributed by atoms with Gasteiger partial charge in [0.05, 0.1) is 0 Å². The second kappa shape index (κ2) is 8.51. The molecular weight excluding hydrogens is 392 g/mol. The first-order chi connectivity index (χ1) is 11.1. The van der Waals surface area contributed by atoms with Gasteiger partial charge in [-0.25, -0.2) is 0 Å². The van der Waals surface area contributed by atoms with E-state index in [4.69, 9.17) is 10.5 Å². The molecule has 2 N–H and O–H groups in total. The molecule has 1 amide bonds. The molecule has 0 radical (unpaired) electrons. The van der Waals surface area contributed by atoms with Crippen molar-refractivity contribution in [2.24, 2.45) is 5.73 Å². The highest BCUT2D eigenvalue weighted by molar-refractivity contribution is 9.10. The zero-order chi connectivity index (χ0) is 16.2. The number of carbonyl (C=O) groups is 1. The zero-order valence-electron chi connectivity index (χ0n) is 13.2. The second-order valence-corrected chi connectivity index (χ2v) is 6.63. The molecule has 2 aromatic rings. The molecule has 1 heterocycles. The summed E-state index contributed by atoms with van der Waals surface area (Å²) in [4.78, 5) is 14.3. The van der Waals surface area contributed by atoms with Gasteiger partial charge in [-0.2, -0.15) is 0 Å². The first kappa shape index (κ1) is 18.8. The van der Waals surface area contributed by atoms with Gasteiger partial charge in [-0.05, 0) is 55.3 Å². The summed E-state index contributed by atoms with van der Waals surface area (Å²) in [7, 11) is 0. The topological polar surface area (TPSA) is 55.6 Å². The number of hydrogen-bond donors (Lipinski definition) is 1. The Bertz CT molecular complexity index is 686. The van der Waals surface area contributed by atoms with Gasteiger partial charge in [0.15, 0.2) is 0 Å². The highest BCUT2D eigenvalue weighted by Gasteiger charge is 2.21. The maximum Gasteiger partial charge on any atom is 0.253 e. The summed E-state index contributed by atoms with van der Waals surface area (Å²) in [6.45, 7) is 1.46. The van der Waals surface area contributed by atoms with Crippen molar-refractivity contribution in [1.82, 2.24) is 4.90 Å². The number of piperidine rings is 1. The van der Waals surface area contributed by atoms with E-state index in [1.807, 2.05) is 53.4 Å². The Kier molecular flexibility index (Phi) is 6.66. The lowest BCUT2D eigenvalue weighted by Crippen LogP contribution is -2.42. The van der Waals surface area contributed by atoms with E-state index in [-0.39, 0.29) is 24.4 Å². The van der Waals surface area contributed by atoms with E-state index in [1.165, 1.54) is 0 Å². The lowest BCUT2D eigenvalue weighted by molar-refractivity contribution is 0.0715. The third-order valence-electron chi connectivity index (χ3n) is 3.96. The van der Waals surface area contributed by atoms with Gasteiger partial charge in [0.1, 0.15) is 11.5 Å². The van der Waals surface area contributed by atoms with Gasteiger partial charge in [0.25, 0.3) is 5.91 Å². The summed E-state index contributed by atoms with van der Waals surface area (Å²) in [6, 6.07) is 15.1. The molecule has 0 aliphatic carbocycles. The number of hydrogen-bond acceptors (Lipinski definition) is 3. The number of nitrogens with two attached hydrogens (primary N) is 1. The van der Waals surface area contributed by atoms with Gasteiger partial charge < -0.3 is 15.4 Å². The van der Waals surface area contributed by atoms with Gasteiger partial charge in [-0.15, -0.1) is 12.4 Å². The number of nitrogens with zero attached hydrogens (tertiary/aromatic N) is 1. The largest absolute Gasteiger partial charge is 0.457 e. The van der Waals surface area contributed by atoms with Crippen LogP contribution >= 0.6 is 28.3 Å². The van der Waals surface area contributed by atoms with Gasteiger partial charge in [-0.3, -0.25) is 4.79 Å². The van der Waals surface area contributed by atoms with E-state index >= 15 is 0 Å². The van der Waals surface area contributed by atoms with E-state index in [1.54, 1.807) is 0 Å². The molecule has 0 bridgehead atoms. The van der Waals surface area contributed by atoms with E-state index in [9.17, 15) is 4.79 Å². The van der Waals surface area contributed by atoms with Gasteiger partial charge in [-0.1, -0.05) is 22.0 Å². The summed E-state index contributed by atoms with van der Waals surface area (Å²) in [6.07, 6.45) is 1.74.